The zero-order valence-corrected chi connectivity index (χ0v) is 12.1. The lowest BCUT2D eigenvalue weighted by Crippen LogP contribution is -2.24. The van der Waals surface area contributed by atoms with E-state index in [4.69, 9.17) is 5.73 Å². The van der Waals surface area contributed by atoms with Crippen molar-refractivity contribution < 1.29 is 9.59 Å². The second kappa shape index (κ2) is 8.32. The van der Waals surface area contributed by atoms with Gasteiger partial charge in [-0.15, -0.1) is 0 Å². The number of primary amides is 1. The quantitative estimate of drug-likeness (QED) is 0.628. The Balaban J connectivity index is 2.33. The summed E-state index contributed by atoms with van der Waals surface area (Å²) in [5.41, 5.74) is 6.70. The third-order valence-electron chi connectivity index (χ3n) is 2.75. The van der Waals surface area contributed by atoms with Crippen molar-refractivity contribution in [3.05, 3.63) is 29.8 Å². The van der Waals surface area contributed by atoms with Crippen LogP contribution in [0.15, 0.2) is 24.3 Å². The van der Waals surface area contributed by atoms with Crippen LogP contribution in [0.25, 0.3) is 0 Å². The number of nitrogens with two attached hydrogens (primary N) is 1. The summed E-state index contributed by atoms with van der Waals surface area (Å²) in [5, 5.41) is 6.09. The Hall–Kier alpha value is -1.88. The van der Waals surface area contributed by atoms with Crippen LogP contribution in [-0.2, 0) is 16.0 Å². The van der Waals surface area contributed by atoms with E-state index < -0.39 is 0 Å². The molecule has 2 amide bonds. The van der Waals surface area contributed by atoms with E-state index in [1.165, 1.54) is 0 Å². The molecule has 0 aliphatic rings. The largest absolute Gasteiger partial charge is 0.369 e. The first-order chi connectivity index (χ1) is 9.47. The van der Waals surface area contributed by atoms with Gasteiger partial charge in [0.2, 0.25) is 11.8 Å². The van der Waals surface area contributed by atoms with Crippen molar-refractivity contribution in [1.82, 2.24) is 5.32 Å². The molecule has 110 valence electrons. The number of amides is 2. The highest BCUT2D eigenvalue weighted by Crippen LogP contribution is 2.10. The molecule has 0 radical (unpaired) electrons. The monoisotopic (exact) mass is 277 g/mol. The van der Waals surface area contributed by atoms with Crippen LogP contribution in [0.2, 0.25) is 0 Å². The van der Waals surface area contributed by atoms with E-state index in [-0.39, 0.29) is 18.2 Å². The highest BCUT2D eigenvalue weighted by molar-refractivity contribution is 5.90. The van der Waals surface area contributed by atoms with Crippen LogP contribution >= 0.6 is 0 Å². The van der Waals surface area contributed by atoms with Crippen LogP contribution in [-0.4, -0.2) is 24.4 Å². The average molecular weight is 277 g/mol. The number of carbonyl (C=O) groups excluding carboxylic acids is 2. The molecule has 20 heavy (non-hydrogen) atoms. The predicted octanol–water partition coefficient (Wildman–Crippen LogP) is 1.43. The Morgan fingerprint density at radius 3 is 2.40 bits per heavy atom. The van der Waals surface area contributed by atoms with Gasteiger partial charge in [0.15, 0.2) is 0 Å². The van der Waals surface area contributed by atoms with Crippen LogP contribution < -0.4 is 16.4 Å². The summed E-state index contributed by atoms with van der Waals surface area (Å²) in [6.45, 7) is 4.99. The maximum absolute atomic E-state index is 11.7. The molecular formula is C15H23N3O2. The summed E-state index contributed by atoms with van der Waals surface area (Å²) >= 11 is 0. The number of benzene rings is 1. The molecule has 5 nitrogen and oxygen atoms in total. The SMILES string of the molecule is CC(C)NCCCC(=O)Nc1ccc(CC(N)=O)cc1. The first kappa shape index (κ1) is 16.2. The van der Waals surface area contributed by atoms with E-state index in [0.717, 1.165) is 24.2 Å². The molecule has 4 N–H and O–H groups in total. The highest BCUT2D eigenvalue weighted by Gasteiger charge is 2.03. The standard InChI is InChI=1S/C15H23N3O2/c1-11(2)17-9-3-4-15(20)18-13-7-5-12(6-8-13)10-14(16)19/h5-8,11,17H,3-4,9-10H2,1-2H3,(H2,16,19)(H,18,20). The maximum atomic E-state index is 11.7. The zero-order chi connectivity index (χ0) is 15.0. The van der Waals surface area contributed by atoms with Gasteiger partial charge < -0.3 is 16.4 Å². The summed E-state index contributed by atoms with van der Waals surface area (Å²) in [7, 11) is 0. The van der Waals surface area contributed by atoms with E-state index in [9.17, 15) is 9.59 Å². The van der Waals surface area contributed by atoms with Crippen LogP contribution in [0.1, 0.15) is 32.3 Å². The molecule has 1 aromatic rings. The third-order valence-corrected chi connectivity index (χ3v) is 2.75. The van der Waals surface area contributed by atoms with Crippen LogP contribution in [0.3, 0.4) is 0 Å². The van der Waals surface area contributed by atoms with Gasteiger partial charge >= 0.3 is 0 Å². The van der Waals surface area contributed by atoms with Crippen molar-refractivity contribution >= 4 is 17.5 Å². The van der Waals surface area contributed by atoms with Gasteiger partial charge in [0.1, 0.15) is 0 Å². The first-order valence-corrected chi connectivity index (χ1v) is 6.88. The Morgan fingerprint density at radius 2 is 1.85 bits per heavy atom. The smallest absolute Gasteiger partial charge is 0.224 e. The number of carbonyl (C=O) groups is 2. The number of hydrogen-bond donors (Lipinski definition) is 3. The predicted molar refractivity (Wildman–Crippen MR) is 80.3 cm³/mol. The van der Waals surface area contributed by atoms with Gasteiger partial charge in [-0.1, -0.05) is 26.0 Å². The molecule has 0 atom stereocenters. The lowest BCUT2D eigenvalue weighted by atomic mass is 10.1. The van der Waals surface area contributed by atoms with Crippen molar-refractivity contribution in [2.24, 2.45) is 5.73 Å². The molecule has 0 spiro atoms. The zero-order valence-electron chi connectivity index (χ0n) is 12.1. The van der Waals surface area contributed by atoms with E-state index >= 15 is 0 Å². The van der Waals surface area contributed by atoms with Gasteiger partial charge in [0, 0.05) is 18.2 Å². The fraction of sp³-hybridized carbons (Fsp3) is 0.467. The van der Waals surface area contributed by atoms with Crippen molar-refractivity contribution in [2.45, 2.75) is 39.2 Å². The minimum Gasteiger partial charge on any atom is -0.369 e. The lowest BCUT2D eigenvalue weighted by Gasteiger charge is -2.08. The fourth-order valence-electron chi connectivity index (χ4n) is 1.77. The maximum Gasteiger partial charge on any atom is 0.224 e. The van der Waals surface area contributed by atoms with Crippen LogP contribution in [0.5, 0.6) is 0 Å². The molecule has 0 bridgehead atoms. The van der Waals surface area contributed by atoms with Crippen molar-refractivity contribution in [3.63, 3.8) is 0 Å². The molecule has 0 aliphatic carbocycles. The Labute approximate surface area is 119 Å². The molecule has 0 fully saturated rings. The molecule has 5 heteroatoms. The molecule has 1 aromatic carbocycles. The molecule has 0 saturated heterocycles. The van der Waals surface area contributed by atoms with Gasteiger partial charge in [-0.25, -0.2) is 0 Å². The minimum atomic E-state index is -0.362. The van der Waals surface area contributed by atoms with Crippen molar-refractivity contribution in [3.8, 4) is 0 Å². The second-order valence-corrected chi connectivity index (χ2v) is 5.10. The Kier molecular flexibility index (Phi) is 6.73. The lowest BCUT2D eigenvalue weighted by molar-refractivity contribution is -0.117. The number of nitrogens with one attached hydrogen (secondary N) is 2. The van der Waals surface area contributed by atoms with E-state index in [2.05, 4.69) is 24.5 Å². The minimum absolute atomic E-state index is 0.00166. The molecule has 0 unspecified atom stereocenters. The van der Waals surface area contributed by atoms with Gasteiger partial charge in [0.05, 0.1) is 6.42 Å². The number of hydrogen-bond acceptors (Lipinski definition) is 3. The fourth-order valence-corrected chi connectivity index (χ4v) is 1.77. The molecule has 0 aromatic heterocycles. The number of anilines is 1. The first-order valence-electron chi connectivity index (χ1n) is 6.88. The molecule has 0 heterocycles. The Bertz CT molecular complexity index is 441. The normalized spacial score (nSPS) is 10.6. The van der Waals surface area contributed by atoms with Gasteiger partial charge in [-0.05, 0) is 30.7 Å². The second-order valence-electron chi connectivity index (χ2n) is 5.10. The van der Waals surface area contributed by atoms with Crippen molar-refractivity contribution in [2.75, 3.05) is 11.9 Å². The van der Waals surface area contributed by atoms with Crippen LogP contribution in [0.4, 0.5) is 5.69 Å². The summed E-state index contributed by atoms with van der Waals surface area (Å²) in [4.78, 5) is 22.5. The molecule has 0 saturated carbocycles. The van der Waals surface area contributed by atoms with Gasteiger partial charge in [-0.3, -0.25) is 9.59 Å². The van der Waals surface area contributed by atoms with Gasteiger partial charge in [-0.2, -0.15) is 0 Å². The molecular weight excluding hydrogens is 254 g/mol. The Morgan fingerprint density at radius 1 is 1.20 bits per heavy atom. The van der Waals surface area contributed by atoms with Crippen molar-refractivity contribution in [1.29, 1.82) is 0 Å². The summed E-state index contributed by atoms with van der Waals surface area (Å²) in [6, 6.07) is 7.59. The van der Waals surface area contributed by atoms with E-state index in [1.807, 2.05) is 0 Å². The van der Waals surface area contributed by atoms with Gasteiger partial charge in [0.25, 0.3) is 0 Å². The summed E-state index contributed by atoms with van der Waals surface area (Å²) in [6.07, 6.45) is 1.52. The molecule has 0 aliphatic heterocycles. The summed E-state index contributed by atoms with van der Waals surface area (Å²) < 4.78 is 0. The molecule has 1 rings (SSSR count). The number of rotatable bonds is 8. The average Bonchev–Trinajstić information content (AvgIpc) is 2.36. The third kappa shape index (κ3) is 6.89. The van der Waals surface area contributed by atoms with E-state index in [1.54, 1.807) is 24.3 Å². The highest BCUT2D eigenvalue weighted by atomic mass is 16.1. The summed E-state index contributed by atoms with van der Waals surface area (Å²) in [5.74, 6) is -0.363. The van der Waals surface area contributed by atoms with E-state index in [0.29, 0.717) is 12.5 Å². The topological polar surface area (TPSA) is 84.2 Å². The van der Waals surface area contributed by atoms with Crippen LogP contribution in [0, 0.1) is 0 Å².